The van der Waals surface area contributed by atoms with Crippen molar-refractivity contribution >= 4 is 17.7 Å². The van der Waals surface area contributed by atoms with E-state index >= 15 is 0 Å². The lowest BCUT2D eigenvalue weighted by Crippen LogP contribution is -2.54. The Morgan fingerprint density at radius 2 is 1.31 bits per heavy atom. The molecular formula is C23H29N3O3. The summed E-state index contributed by atoms with van der Waals surface area (Å²) in [7, 11) is 0. The number of carbonyl (C=O) groups is 3. The van der Waals surface area contributed by atoms with E-state index in [-0.39, 0.29) is 17.2 Å². The quantitative estimate of drug-likeness (QED) is 0.680. The zero-order valence-corrected chi connectivity index (χ0v) is 17.6. The van der Waals surface area contributed by atoms with Crippen molar-refractivity contribution in [2.24, 2.45) is 5.92 Å². The minimum Gasteiger partial charge on any atom is -0.340 e. The number of rotatable bonds is 5. The van der Waals surface area contributed by atoms with Gasteiger partial charge in [-0.3, -0.25) is 25.2 Å². The first-order chi connectivity index (χ1) is 13.6. The van der Waals surface area contributed by atoms with Crippen molar-refractivity contribution in [3.63, 3.8) is 0 Å². The average molecular weight is 396 g/mol. The zero-order valence-electron chi connectivity index (χ0n) is 17.6. The summed E-state index contributed by atoms with van der Waals surface area (Å²) in [6.07, 6.45) is 0. The SMILES string of the molecule is CC(C)[C@H](NC(=O)c1ccc(C(C)(C)C)cc1)C(=O)NNC(=O)c1ccccc1. The molecule has 0 radical (unpaired) electrons. The fraction of sp³-hybridized carbons (Fsp3) is 0.348. The van der Waals surface area contributed by atoms with Crippen LogP contribution in [-0.4, -0.2) is 23.8 Å². The van der Waals surface area contributed by atoms with Gasteiger partial charge in [-0.2, -0.15) is 0 Å². The number of carbonyl (C=O) groups excluding carboxylic acids is 3. The lowest BCUT2D eigenvalue weighted by Gasteiger charge is -2.22. The summed E-state index contributed by atoms with van der Waals surface area (Å²) in [6.45, 7) is 9.96. The van der Waals surface area contributed by atoms with E-state index < -0.39 is 17.9 Å². The molecule has 2 rings (SSSR count). The summed E-state index contributed by atoms with van der Waals surface area (Å²) in [5, 5.41) is 2.75. The molecule has 2 aromatic rings. The van der Waals surface area contributed by atoms with Gasteiger partial charge in [-0.15, -0.1) is 0 Å². The Morgan fingerprint density at radius 3 is 1.83 bits per heavy atom. The minimum atomic E-state index is -0.791. The van der Waals surface area contributed by atoms with E-state index in [1.165, 1.54) is 0 Å². The van der Waals surface area contributed by atoms with Crippen molar-refractivity contribution in [1.82, 2.24) is 16.2 Å². The van der Waals surface area contributed by atoms with Crippen LogP contribution in [0.4, 0.5) is 0 Å². The smallest absolute Gasteiger partial charge is 0.269 e. The molecule has 0 saturated carbocycles. The van der Waals surface area contributed by atoms with Crippen LogP contribution < -0.4 is 16.2 Å². The van der Waals surface area contributed by atoms with E-state index in [4.69, 9.17) is 0 Å². The fourth-order valence-electron chi connectivity index (χ4n) is 2.74. The molecule has 0 aliphatic rings. The van der Waals surface area contributed by atoms with Crippen LogP contribution >= 0.6 is 0 Å². The first-order valence-electron chi connectivity index (χ1n) is 9.66. The van der Waals surface area contributed by atoms with Crippen molar-refractivity contribution in [3.8, 4) is 0 Å². The van der Waals surface area contributed by atoms with Gasteiger partial charge in [0.25, 0.3) is 17.7 Å². The highest BCUT2D eigenvalue weighted by molar-refractivity contribution is 5.99. The molecule has 0 aromatic heterocycles. The highest BCUT2D eigenvalue weighted by Crippen LogP contribution is 2.22. The zero-order chi connectivity index (χ0) is 21.6. The lowest BCUT2D eigenvalue weighted by molar-refractivity contribution is -0.124. The summed E-state index contributed by atoms with van der Waals surface area (Å²) >= 11 is 0. The van der Waals surface area contributed by atoms with Gasteiger partial charge < -0.3 is 5.32 Å². The Balaban J connectivity index is 2.00. The molecule has 0 unspecified atom stereocenters. The molecule has 6 heteroatoms. The average Bonchev–Trinajstić information content (AvgIpc) is 2.69. The molecule has 3 N–H and O–H groups in total. The molecule has 1 atom stereocenters. The summed E-state index contributed by atoms with van der Waals surface area (Å²) in [4.78, 5) is 37.2. The third-order valence-electron chi connectivity index (χ3n) is 4.58. The number of benzene rings is 2. The number of hydrogen-bond donors (Lipinski definition) is 3. The van der Waals surface area contributed by atoms with Crippen LogP contribution in [0.25, 0.3) is 0 Å². The van der Waals surface area contributed by atoms with E-state index in [9.17, 15) is 14.4 Å². The van der Waals surface area contributed by atoms with E-state index in [2.05, 4.69) is 36.9 Å². The van der Waals surface area contributed by atoms with Crippen LogP contribution in [0, 0.1) is 5.92 Å². The molecule has 0 bridgehead atoms. The van der Waals surface area contributed by atoms with Crippen LogP contribution in [-0.2, 0) is 10.2 Å². The Bertz CT molecular complexity index is 853. The van der Waals surface area contributed by atoms with Crippen LogP contribution in [0.3, 0.4) is 0 Å². The number of nitrogens with one attached hydrogen (secondary N) is 3. The third kappa shape index (κ3) is 6.17. The fourth-order valence-corrected chi connectivity index (χ4v) is 2.74. The molecule has 0 fully saturated rings. The third-order valence-corrected chi connectivity index (χ3v) is 4.58. The van der Waals surface area contributed by atoms with Gasteiger partial charge >= 0.3 is 0 Å². The summed E-state index contributed by atoms with van der Waals surface area (Å²) in [5.74, 6) is -1.41. The summed E-state index contributed by atoms with van der Waals surface area (Å²) in [5.41, 5.74) is 6.79. The topological polar surface area (TPSA) is 87.3 Å². The van der Waals surface area contributed by atoms with Crippen LogP contribution in [0.1, 0.15) is 60.9 Å². The molecule has 29 heavy (non-hydrogen) atoms. The highest BCUT2D eigenvalue weighted by Gasteiger charge is 2.25. The predicted octanol–water partition coefficient (Wildman–Crippen LogP) is 3.20. The Hall–Kier alpha value is -3.15. The van der Waals surface area contributed by atoms with Crippen molar-refractivity contribution in [3.05, 3.63) is 71.3 Å². The molecular weight excluding hydrogens is 366 g/mol. The van der Waals surface area contributed by atoms with Gasteiger partial charge in [0.1, 0.15) is 6.04 Å². The molecule has 0 aliphatic heterocycles. The van der Waals surface area contributed by atoms with Gasteiger partial charge in [-0.1, -0.05) is 65.0 Å². The van der Waals surface area contributed by atoms with Crippen molar-refractivity contribution in [2.45, 2.75) is 46.1 Å². The molecule has 0 heterocycles. The Kier molecular flexibility index (Phi) is 7.15. The number of hydrogen-bond acceptors (Lipinski definition) is 3. The van der Waals surface area contributed by atoms with Gasteiger partial charge in [0.05, 0.1) is 0 Å². The van der Waals surface area contributed by atoms with Gasteiger partial charge in [-0.05, 0) is 41.2 Å². The maximum atomic E-state index is 12.6. The minimum absolute atomic E-state index is 0.00762. The van der Waals surface area contributed by atoms with E-state index in [1.807, 2.05) is 26.0 Å². The Labute approximate surface area is 172 Å². The van der Waals surface area contributed by atoms with Gasteiger partial charge in [-0.25, -0.2) is 0 Å². The second-order valence-electron chi connectivity index (χ2n) is 8.33. The van der Waals surface area contributed by atoms with E-state index in [0.29, 0.717) is 11.1 Å². The molecule has 3 amide bonds. The summed E-state index contributed by atoms with van der Waals surface area (Å²) in [6, 6.07) is 15.1. The first-order valence-corrected chi connectivity index (χ1v) is 9.66. The molecule has 154 valence electrons. The molecule has 0 spiro atoms. The molecule has 0 saturated heterocycles. The Morgan fingerprint density at radius 1 is 0.759 bits per heavy atom. The predicted molar refractivity (Wildman–Crippen MR) is 113 cm³/mol. The van der Waals surface area contributed by atoms with Gasteiger partial charge in [0.2, 0.25) is 0 Å². The molecule has 6 nitrogen and oxygen atoms in total. The van der Waals surface area contributed by atoms with Gasteiger partial charge in [0.15, 0.2) is 0 Å². The van der Waals surface area contributed by atoms with Crippen molar-refractivity contribution < 1.29 is 14.4 Å². The van der Waals surface area contributed by atoms with Crippen LogP contribution in [0.15, 0.2) is 54.6 Å². The standard InChI is InChI=1S/C23H29N3O3/c1-15(2)19(22(29)26-25-21(28)16-9-7-6-8-10-16)24-20(27)17-11-13-18(14-12-17)23(3,4)5/h6-15,19H,1-5H3,(H,24,27)(H,25,28)(H,26,29)/t19-/m0/s1. The largest absolute Gasteiger partial charge is 0.340 e. The highest BCUT2D eigenvalue weighted by atomic mass is 16.2. The molecule has 0 aliphatic carbocycles. The second kappa shape index (κ2) is 9.37. The van der Waals surface area contributed by atoms with E-state index in [1.54, 1.807) is 42.5 Å². The van der Waals surface area contributed by atoms with Crippen molar-refractivity contribution in [1.29, 1.82) is 0 Å². The number of amides is 3. The van der Waals surface area contributed by atoms with Gasteiger partial charge in [0, 0.05) is 11.1 Å². The first kappa shape index (κ1) is 22.1. The lowest BCUT2D eigenvalue weighted by atomic mass is 9.86. The monoisotopic (exact) mass is 395 g/mol. The number of hydrazine groups is 1. The maximum absolute atomic E-state index is 12.6. The van der Waals surface area contributed by atoms with Crippen LogP contribution in [0.2, 0.25) is 0 Å². The van der Waals surface area contributed by atoms with Crippen molar-refractivity contribution in [2.75, 3.05) is 0 Å². The second-order valence-corrected chi connectivity index (χ2v) is 8.33. The summed E-state index contributed by atoms with van der Waals surface area (Å²) < 4.78 is 0. The molecule has 2 aromatic carbocycles. The normalized spacial score (nSPS) is 12.2. The maximum Gasteiger partial charge on any atom is 0.269 e. The van der Waals surface area contributed by atoms with E-state index in [0.717, 1.165) is 5.56 Å². The van der Waals surface area contributed by atoms with Crippen LogP contribution in [0.5, 0.6) is 0 Å².